The first-order valence-corrected chi connectivity index (χ1v) is 10.5. The molecule has 2 aromatic rings. The predicted octanol–water partition coefficient (Wildman–Crippen LogP) is 5.75. The molecule has 6 heteroatoms. The molecule has 0 heterocycles. The van der Waals surface area contributed by atoms with Gasteiger partial charge in [0, 0.05) is 0 Å². The van der Waals surface area contributed by atoms with E-state index in [-0.39, 0.29) is 11.1 Å². The number of benzene rings is 2. The molecule has 0 bridgehead atoms. The van der Waals surface area contributed by atoms with E-state index in [0.29, 0.717) is 24.7 Å². The second kappa shape index (κ2) is 13.2. The van der Waals surface area contributed by atoms with Gasteiger partial charge in [0.15, 0.2) is 0 Å². The fraction of sp³-hybridized carbons (Fsp3) is 0.417. The third-order valence-electron chi connectivity index (χ3n) is 4.42. The highest BCUT2D eigenvalue weighted by Gasteiger charge is 2.20. The zero-order chi connectivity index (χ0) is 21.6. The Kier molecular flexibility index (Phi) is 10.3. The number of carbonyl (C=O) groups is 2. The quantitative estimate of drug-likeness (QED) is 0.250. The Labute approximate surface area is 178 Å². The average molecular weight is 414 g/mol. The number of para-hydroxylation sites is 2. The van der Waals surface area contributed by atoms with E-state index in [1.54, 1.807) is 48.5 Å². The highest BCUT2D eigenvalue weighted by molar-refractivity contribution is 5.95. The highest BCUT2D eigenvalue weighted by Crippen LogP contribution is 2.22. The Morgan fingerprint density at radius 1 is 0.633 bits per heavy atom. The topological polar surface area (TPSA) is 71.1 Å². The highest BCUT2D eigenvalue weighted by atomic mass is 17.2. The second-order valence-corrected chi connectivity index (χ2v) is 6.85. The van der Waals surface area contributed by atoms with Gasteiger partial charge in [-0.3, -0.25) is 0 Å². The number of ether oxygens (including phenoxy) is 2. The summed E-state index contributed by atoms with van der Waals surface area (Å²) in [5.41, 5.74) is 0.400. The Hall–Kier alpha value is -3.02. The third kappa shape index (κ3) is 7.43. The number of hydrogen-bond acceptors (Lipinski definition) is 6. The Morgan fingerprint density at radius 3 is 1.43 bits per heavy atom. The maximum atomic E-state index is 12.4. The van der Waals surface area contributed by atoms with Crippen molar-refractivity contribution in [2.45, 2.75) is 52.4 Å². The minimum Gasteiger partial charge on any atom is -0.493 e. The molecule has 0 aliphatic heterocycles. The Morgan fingerprint density at radius 2 is 1.03 bits per heavy atom. The van der Waals surface area contributed by atoms with Crippen molar-refractivity contribution >= 4 is 11.9 Å². The smallest absolute Gasteiger partial charge is 0.390 e. The maximum absolute atomic E-state index is 12.4. The molecular formula is C24H30O6. The monoisotopic (exact) mass is 414 g/mol. The van der Waals surface area contributed by atoms with Crippen LogP contribution in [0.4, 0.5) is 0 Å². The largest absolute Gasteiger partial charge is 0.493 e. The van der Waals surface area contributed by atoms with Crippen LogP contribution >= 0.6 is 0 Å². The maximum Gasteiger partial charge on any atom is 0.390 e. The molecule has 0 aliphatic rings. The molecule has 2 rings (SSSR count). The van der Waals surface area contributed by atoms with E-state index in [0.717, 1.165) is 38.5 Å². The number of rotatable bonds is 12. The van der Waals surface area contributed by atoms with Gasteiger partial charge in [-0.1, -0.05) is 63.8 Å². The van der Waals surface area contributed by atoms with Crippen molar-refractivity contribution in [2.75, 3.05) is 13.2 Å². The van der Waals surface area contributed by atoms with Gasteiger partial charge in [0.25, 0.3) is 0 Å². The fourth-order valence-electron chi connectivity index (χ4n) is 2.76. The summed E-state index contributed by atoms with van der Waals surface area (Å²) in [5.74, 6) is -0.796. The standard InChI is InChI=1S/C24H30O6/c1-3-5-11-17-27-21-15-9-7-13-19(21)23(25)29-30-24(26)20-14-8-10-16-22(20)28-18-12-6-4-2/h7-10,13-16H,3-6,11-12,17-18H2,1-2H3. The van der Waals surface area contributed by atoms with Gasteiger partial charge in [0.1, 0.15) is 22.6 Å². The summed E-state index contributed by atoms with van der Waals surface area (Å²) in [6.07, 6.45) is 6.03. The second-order valence-electron chi connectivity index (χ2n) is 6.85. The van der Waals surface area contributed by atoms with Crippen LogP contribution < -0.4 is 9.47 Å². The molecule has 2 aromatic carbocycles. The summed E-state index contributed by atoms with van der Waals surface area (Å²) in [6.45, 7) is 5.21. The van der Waals surface area contributed by atoms with Gasteiger partial charge in [0.2, 0.25) is 0 Å². The molecule has 0 spiro atoms. The van der Waals surface area contributed by atoms with Gasteiger partial charge in [-0.25, -0.2) is 19.4 Å². The molecular weight excluding hydrogens is 384 g/mol. The van der Waals surface area contributed by atoms with Gasteiger partial charge in [0.05, 0.1) is 13.2 Å². The molecule has 0 radical (unpaired) electrons. The summed E-state index contributed by atoms with van der Waals surface area (Å²) in [4.78, 5) is 34.4. The van der Waals surface area contributed by atoms with Crippen LogP contribution in [0.3, 0.4) is 0 Å². The predicted molar refractivity (Wildman–Crippen MR) is 114 cm³/mol. The van der Waals surface area contributed by atoms with Gasteiger partial charge >= 0.3 is 11.9 Å². The van der Waals surface area contributed by atoms with Gasteiger partial charge in [-0.05, 0) is 37.1 Å². The lowest BCUT2D eigenvalue weighted by Gasteiger charge is -2.11. The number of hydrogen-bond donors (Lipinski definition) is 0. The molecule has 0 atom stereocenters. The SMILES string of the molecule is CCCCCOc1ccccc1C(=O)OOC(=O)c1ccccc1OCCCCC. The normalized spacial score (nSPS) is 10.3. The van der Waals surface area contributed by atoms with Crippen LogP contribution in [0.25, 0.3) is 0 Å². The van der Waals surface area contributed by atoms with Crippen molar-refractivity contribution in [1.82, 2.24) is 0 Å². The van der Waals surface area contributed by atoms with Crippen molar-refractivity contribution in [3.63, 3.8) is 0 Å². The zero-order valence-corrected chi connectivity index (χ0v) is 17.7. The molecule has 30 heavy (non-hydrogen) atoms. The first-order valence-electron chi connectivity index (χ1n) is 10.5. The van der Waals surface area contributed by atoms with E-state index in [1.807, 2.05) is 0 Å². The molecule has 0 aliphatic carbocycles. The zero-order valence-electron chi connectivity index (χ0n) is 17.7. The van der Waals surface area contributed by atoms with Crippen LogP contribution in [0.5, 0.6) is 11.5 Å². The molecule has 0 fully saturated rings. The van der Waals surface area contributed by atoms with E-state index in [9.17, 15) is 9.59 Å². The Balaban J connectivity index is 1.94. The van der Waals surface area contributed by atoms with Gasteiger partial charge < -0.3 is 9.47 Å². The summed E-state index contributed by atoms with van der Waals surface area (Å²) in [5, 5.41) is 0. The fourth-order valence-corrected chi connectivity index (χ4v) is 2.76. The lowest BCUT2D eigenvalue weighted by Crippen LogP contribution is -2.14. The first kappa shape index (κ1) is 23.3. The summed E-state index contributed by atoms with van der Waals surface area (Å²) >= 11 is 0. The molecule has 162 valence electrons. The molecule has 0 saturated carbocycles. The minimum atomic E-state index is -0.796. The van der Waals surface area contributed by atoms with Crippen molar-refractivity contribution in [2.24, 2.45) is 0 Å². The van der Waals surface area contributed by atoms with E-state index in [4.69, 9.17) is 19.2 Å². The van der Waals surface area contributed by atoms with Crippen LogP contribution in [0.15, 0.2) is 48.5 Å². The molecule has 0 aromatic heterocycles. The van der Waals surface area contributed by atoms with Crippen LogP contribution in [0, 0.1) is 0 Å². The van der Waals surface area contributed by atoms with E-state index in [2.05, 4.69) is 13.8 Å². The first-order chi connectivity index (χ1) is 14.7. The summed E-state index contributed by atoms with van der Waals surface area (Å²) in [7, 11) is 0. The molecule has 0 amide bonds. The molecule has 0 unspecified atom stereocenters. The van der Waals surface area contributed by atoms with E-state index >= 15 is 0 Å². The Bertz CT molecular complexity index is 734. The van der Waals surface area contributed by atoms with Crippen molar-refractivity contribution in [1.29, 1.82) is 0 Å². The molecule has 6 nitrogen and oxygen atoms in total. The van der Waals surface area contributed by atoms with Crippen molar-refractivity contribution in [3.05, 3.63) is 59.7 Å². The number of unbranched alkanes of at least 4 members (excludes halogenated alkanes) is 4. The van der Waals surface area contributed by atoms with Crippen molar-refractivity contribution in [3.8, 4) is 11.5 Å². The third-order valence-corrected chi connectivity index (χ3v) is 4.42. The van der Waals surface area contributed by atoms with Crippen LogP contribution in [0.2, 0.25) is 0 Å². The molecule has 0 N–H and O–H groups in total. The van der Waals surface area contributed by atoms with Crippen LogP contribution in [-0.2, 0) is 9.78 Å². The van der Waals surface area contributed by atoms with E-state index < -0.39 is 11.9 Å². The minimum absolute atomic E-state index is 0.200. The van der Waals surface area contributed by atoms with Gasteiger partial charge in [-0.2, -0.15) is 0 Å². The van der Waals surface area contributed by atoms with Gasteiger partial charge in [-0.15, -0.1) is 0 Å². The lowest BCUT2D eigenvalue weighted by molar-refractivity contribution is -0.187. The average Bonchev–Trinajstić information content (AvgIpc) is 2.78. The summed E-state index contributed by atoms with van der Waals surface area (Å²) in [6, 6.07) is 13.4. The molecule has 0 saturated heterocycles. The number of carbonyl (C=O) groups excluding carboxylic acids is 2. The van der Waals surface area contributed by atoms with Crippen LogP contribution in [0.1, 0.15) is 73.1 Å². The van der Waals surface area contributed by atoms with Crippen molar-refractivity contribution < 1.29 is 28.8 Å². The van der Waals surface area contributed by atoms with E-state index in [1.165, 1.54) is 0 Å². The lowest BCUT2D eigenvalue weighted by atomic mass is 10.2. The van der Waals surface area contributed by atoms with Crippen LogP contribution in [-0.4, -0.2) is 25.2 Å². The summed E-state index contributed by atoms with van der Waals surface area (Å²) < 4.78 is 11.3.